The molecule has 1 aromatic heterocycles. The molecule has 0 spiro atoms. The molecule has 2 rings (SSSR count). The fourth-order valence-electron chi connectivity index (χ4n) is 1.52. The van der Waals surface area contributed by atoms with Gasteiger partial charge in [-0.05, 0) is 18.7 Å². The fraction of sp³-hybridized carbons (Fsp3) is 0.222. The molecule has 0 radical (unpaired) electrons. The Morgan fingerprint density at radius 2 is 2.06 bits per heavy atom. The molecule has 0 unspecified atom stereocenters. The van der Waals surface area contributed by atoms with E-state index in [4.69, 9.17) is 0 Å². The molecule has 0 aliphatic carbocycles. The number of hydrogen-bond donors (Lipinski definition) is 3. The van der Waals surface area contributed by atoms with Gasteiger partial charge in [-0.2, -0.15) is 0 Å². The van der Waals surface area contributed by atoms with E-state index in [0.717, 1.165) is 0 Å². The average Bonchev–Trinajstić information content (AvgIpc) is 2.59. The number of hydrogen-bond acceptors (Lipinski definition) is 3. The average molecular weight is 241 g/mol. The zero-order valence-corrected chi connectivity index (χ0v) is 9.39. The number of benzene rings is 1. The molecule has 3 N–H and O–H groups in total. The first-order chi connectivity index (χ1) is 7.52. The van der Waals surface area contributed by atoms with Gasteiger partial charge in [0.05, 0.1) is 16.8 Å². The molecule has 1 heterocycles. The van der Waals surface area contributed by atoms with Crippen molar-refractivity contribution in [1.82, 2.24) is 14.7 Å². The first kappa shape index (κ1) is 10.9. The van der Waals surface area contributed by atoms with Crippen molar-refractivity contribution in [3.63, 3.8) is 0 Å². The first-order valence-corrected chi connectivity index (χ1v) is 6.28. The summed E-state index contributed by atoms with van der Waals surface area (Å²) in [5.74, 6) is -0.158. The van der Waals surface area contributed by atoms with Crippen molar-refractivity contribution in [2.24, 2.45) is 0 Å². The number of rotatable bonds is 3. The van der Waals surface area contributed by atoms with Crippen molar-refractivity contribution in [3.05, 3.63) is 34.2 Å². The Labute approximate surface area is 91.7 Å². The summed E-state index contributed by atoms with van der Waals surface area (Å²) in [7, 11) is -1.98. The molecule has 0 bridgehead atoms. The molecule has 0 fully saturated rings. The van der Waals surface area contributed by atoms with E-state index in [0.29, 0.717) is 16.6 Å². The summed E-state index contributed by atoms with van der Waals surface area (Å²) >= 11 is 0. The van der Waals surface area contributed by atoms with Crippen LogP contribution in [0.1, 0.15) is 5.56 Å². The lowest BCUT2D eigenvalue weighted by atomic mass is 10.2. The van der Waals surface area contributed by atoms with Crippen molar-refractivity contribution >= 4 is 21.1 Å². The van der Waals surface area contributed by atoms with Crippen molar-refractivity contribution in [2.75, 3.05) is 7.05 Å². The molecule has 0 aliphatic rings. The number of H-pyrrole nitrogens is 2. The van der Waals surface area contributed by atoms with Crippen molar-refractivity contribution in [2.45, 2.75) is 5.75 Å². The lowest BCUT2D eigenvalue weighted by molar-refractivity contribution is 0.587. The van der Waals surface area contributed by atoms with Gasteiger partial charge in [-0.3, -0.25) is 0 Å². The van der Waals surface area contributed by atoms with Crippen LogP contribution in [0.25, 0.3) is 11.0 Å². The highest BCUT2D eigenvalue weighted by Crippen LogP contribution is 2.15. The van der Waals surface area contributed by atoms with Crippen LogP contribution in [-0.2, 0) is 15.8 Å². The third-order valence-electron chi connectivity index (χ3n) is 2.29. The number of para-hydroxylation sites is 1. The quantitative estimate of drug-likeness (QED) is 0.700. The van der Waals surface area contributed by atoms with Gasteiger partial charge in [-0.25, -0.2) is 17.9 Å². The van der Waals surface area contributed by atoms with E-state index in [2.05, 4.69) is 14.7 Å². The largest absolute Gasteiger partial charge is 0.323 e. The summed E-state index contributed by atoms with van der Waals surface area (Å²) in [5.41, 5.74) is 1.36. The topological polar surface area (TPSA) is 94.8 Å². The van der Waals surface area contributed by atoms with Gasteiger partial charge >= 0.3 is 5.69 Å². The molecule has 1 aromatic carbocycles. The summed E-state index contributed by atoms with van der Waals surface area (Å²) < 4.78 is 25.0. The number of nitrogens with one attached hydrogen (secondary N) is 3. The van der Waals surface area contributed by atoms with E-state index in [1.807, 2.05) is 0 Å². The van der Waals surface area contributed by atoms with Crippen LogP contribution in [0.5, 0.6) is 0 Å². The number of sulfonamides is 1. The Morgan fingerprint density at radius 3 is 2.75 bits per heavy atom. The minimum atomic E-state index is -3.34. The second-order valence-corrected chi connectivity index (χ2v) is 5.31. The maximum absolute atomic E-state index is 11.4. The molecule has 0 saturated carbocycles. The van der Waals surface area contributed by atoms with Gasteiger partial charge in [0, 0.05) is 0 Å². The molecular weight excluding hydrogens is 230 g/mol. The van der Waals surface area contributed by atoms with Gasteiger partial charge in [-0.1, -0.05) is 12.1 Å². The van der Waals surface area contributed by atoms with Gasteiger partial charge in [0.2, 0.25) is 10.0 Å². The maximum atomic E-state index is 11.4. The van der Waals surface area contributed by atoms with E-state index < -0.39 is 10.0 Å². The van der Waals surface area contributed by atoms with Crippen molar-refractivity contribution in [1.29, 1.82) is 0 Å². The monoisotopic (exact) mass is 241 g/mol. The molecule has 2 aromatic rings. The molecule has 6 nitrogen and oxygen atoms in total. The van der Waals surface area contributed by atoms with Crippen LogP contribution < -0.4 is 10.4 Å². The van der Waals surface area contributed by atoms with Crippen LogP contribution in [-0.4, -0.2) is 25.4 Å². The Hall–Kier alpha value is -1.60. The number of imidazole rings is 1. The third-order valence-corrected chi connectivity index (χ3v) is 3.61. The lowest BCUT2D eigenvalue weighted by Gasteiger charge is -2.03. The Morgan fingerprint density at radius 1 is 1.31 bits per heavy atom. The fourth-order valence-corrected chi connectivity index (χ4v) is 2.31. The molecule has 7 heteroatoms. The number of fused-ring (bicyclic) bond motifs is 1. The number of aromatic amines is 2. The van der Waals surface area contributed by atoms with Crippen molar-refractivity contribution in [3.8, 4) is 0 Å². The van der Waals surface area contributed by atoms with Crippen LogP contribution in [0.4, 0.5) is 0 Å². The highest BCUT2D eigenvalue weighted by Gasteiger charge is 2.12. The van der Waals surface area contributed by atoms with Gasteiger partial charge in [0.1, 0.15) is 0 Å². The van der Waals surface area contributed by atoms with Crippen LogP contribution >= 0.6 is 0 Å². The van der Waals surface area contributed by atoms with Crippen LogP contribution in [0.2, 0.25) is 0 Å². The SMILES string of the molecule is CNS(=O)(=O)Cc1cccc2[nH]c(=O)[nH]c12. The van der Waals surface area contributed by atoms with Gasteiger partial charge in [0.25, 0.3) is 0 Å². The van der Waals surface area contributed by atoms with E-state index >= 15 is 0 Å². The molecule has 0 atom stereocenters. The predicted octanol–water partition coefficient (Wildman–Crippen LogP) is -0.0946. The second-order valence-electron chi connectivity index (χ2n) is 3.38. The molecule has 0 saturated heterocycles. The predicted molar refractivity (Wildman–Crippen MR) is 60.6 cm³/mol. The highest BCUT2D eigenvalue weighted by molar-refractivity contribution is 7.88. The zero-order chi connectivity index (χ0) is 11.8. The van der Waals surface area contributed by atoms with E-state index in [1.54, 1.807) is 18.2 Å². The highest BCUT2D eigenvalue weighted by atomic mass is 32.2. The first-order valence-electron chi connectivity index (χ1n) is 4.63. The minimum Gasteiger partial charge on any atom is -0.306 e. The maximum Gasteiger partial charge on any atom is 0.323 e. The Kier molecular flexibility index (Phi) is 2.56. The normalized spacial score (nSPS) is 12.1. The molecule has 0 amide bonds. The van der Waals surface area contributed by atoms with Gasteiger partial charge < -0.3 is 9.97 Å². The Bertz CT molecular complexity index is 669. The summed E-state index contributed by atoms with van der Waals surface area (Å²) in [6.07, 6.45) is 0. The molecule has 16 heavy (non-hydrogen) atoms. The number of aromatic nitrogens is 2. The van der Waals surface area contributed by atoms with Crippen LogP contribution in [0.3, 0.4) is 0 Å². The third kappa shape index (κ3) is 2.00. The van der Waals surface area contributed by atoms with Crippen molar-refractivity contribution < 1.29 is 8.42 Å². The molecule has 86 valence electrons. The standard InChI is InChI=1S/C9H11N3O3S/c1-10-16(14,15)5-6-3-2-4-7-8(6)12-9(13)11-7/h2-4,10H,5H2,1H3,(H2,11,12,13). The van der Waals surface area contributed by atoms with E-state index in [1.165, 1.54) is 7.05 Å². The second kappa shape index (κ2) is 3.76. The molecule has 0 aliphatic heterocycles. The summed E-state index contributed by atoms with van der Waals surface area (Å²) in [5, 5.41) is 0. The zero-order valence-electron chi connectivity index (χ0n) is 8.57. The van der Waals surface area contributed by atoms with E-state index in [9.17, 15) is 13.2 Å². The summed E-state index contributed by atoms with van der Waals surface area (Å²) in [4.78, 5) is 16.2. The van der Waals surface area contributed by atoms with Gasteiger partial charge in [-0.15, -0.1) is 0 Å². The summed E-state index contributed by atoms with van der Waals surface area (Å²) in [6, 6.07) is 5.08. The van der Waals surface area contributed by atoms with Gasteiger partial charge in [0.15, 0.2) is 0 Å². The molecular formula is C9H11N3O3S. The smallest absolute Gasteiger partial charge is 0.306 e. The van der Waals surface area contributed by atoms with Crippen LogP contribution in [0, 0.1) is 0 Å². The minimum absolute atomic E-state index is 0.158. The lowest BCUT2D eigenvalue weighted by Crippen LogP contribution is -2.20. The van der Waals surface area contributed by atoms with E-state index in [-0.39, 0.29) is 11.4 Å². The Balaban J connectivity index is 2.57. The summed E-state index contributed by atoms with van der Waals surface area (Å²) in [6.45, 7) is 0. The van der Waals surface area contributed by atoms with Crippen LogP contribution in [0.15, 0.2) is 23.0 Å².